The van der Waals surface area contributed by atoms with E-state index in [1.165, 1.54) is 0 Å². The highest BCUT2D eigenvalue weighted by Gasteiger charge is 2.53. The summed E-state index contributed by atoms with van der Waals surface area (Å²) in [6.45, 7) is -1.67. The molecule has 0 heterocycles. The molecule has 2 fully saturated rings. The first-order valence-electron chi connectivity index (χ1n) is 7.61. The molecule has 0 aromatic carbocycles. The first kappa shape index (κ1) is 16.3. The average molecular weight is 335 g/mol. The maximum Gasteiger partial charge on any atom is 0.340 e. The number of carbonyl (C=O) groups excluding carboxylic acids is 2. The minimum atomic E-state index is -4.38. The van der Waals surface area contributed by atoms with E-state index in [-0.39, 0.29) is 23.8 Å². The summed E-state index contributed by atoms with van der Waals surface area (Å²) in [7, 11) is 0. The molecule has 0 radical (unpaired) electrons. The van der Waals surface area contributed by atoms with Crippen molar-refractivity contribution < 1.29 is 31.9 Å². The molecule has 3 rings (SSSR count). The summed E-state index contributed by atoms with van der Waals surface area (Å²) >= 11 is 0. The van der Waals surface area contributed by atoms with Crippen LogP contribution >= 0.6 is 0 Å². The van der Waals surface area contributed by atoms with Gasteiger partial charge in [0.2, 0.25) is 5.91 Å². The van der Waals surface area contributed by atoms with Crippen LogP contribution in [0.5, 0.6) is 0 Å². The highest BCUT2D eigenvalue weighted by atomic mass is 19.3. The summed E-state index contributed by atoms with van der Waals surface area (Å²) in [5.74, 6) is -7.61. The fraction of sp³-hybridized carbons (Fsp3) is 0.733. The average Bonchev–Trinajstić information content (AvgIpc) is 3.06. The molecule has 8 heteroatoms. The van der Waals surface area contributed by atoms with Crippen molar-refractivity contribution in [1.82, 2.24) is 5.32 Å². The van der Waals surface area contributed by atoms with Gasteiger partial charge in [-0.1, -0.05) is 12.2 Å². The van der Waals surface area contributed by atoms with Crippen LogP contribution in [0.2, 0.25) is 0 Å². The van der Waals surface area contributed by atoms with Gasteiger partial charge >= 0.3 is 18.3 Å². The van der Waals surface area contributed by atoms with E-state index in [1.54, 1.807) is 6.08 Å². The Kier molecular flexibility index (Phi) is 4.10. The van der Waals surface area contributed by atoms with E-state index < -0.39 is 36.8 Å². The van der Waals surface area contributed by atoms with E-state index in [0.717, 1.165) is 12.8 Å². The summed E-state index contributed by atoms with van der Waals surface area (Å²) in [6.07, 6.45) is 2.07. The van der Waals surface area contributed by atoms with Gasteiger partial charge in [-0.05, 0) is 31.1 Å². The van der Waals surface area contributed by atoms with Gasteiger partial charge in [-0.2, -0.15) is 8.78 Å². The SMILES string of the molecule is O=C(NC1CC1)C1C2C=CC(C2)C1C(=O)OCC(F)(F)C(F)F. The van der Waals surface area contributed by atoms with Crippen molar-refractivity contribution >= 4 is 11.9 Å². The Hall–Kier alpha value is -1.60. The molecule has 2 saturated carbocycles. The Balaban J connectivity index is 1.65. The molecule has 2 bridgehead atoms. The third-order valence-electron chi connectivity index (χ3n) is 4.68. The van der Waals surface area contributed by atoms with Crippen molar-refractivity contribution in [3.8, 4) is 0 Å². The van der Waals surface area contributed by atoms with Gasteiger partial charge in [0.1, 0.15) is 0 Å². The normalized spacial score (nSPS) is 32.4. The molecule has 0 aromatic heterocycles. The topological polar surface area (TPSA) is 55.4 Å². The standard InChI is InChI=1S/C15H17F4NO3/c16-14(17)15(18,19)6-23-13(22)11-8-2-1-7(5-8)10(11)12(21)20-9-3-4-9/h1-2,7-11,14H,3-6H2,(H,20,21). The second-order valence-corrected chi connectivity index (χ2v) is 6.45. The number of ether oxygens (including phenoxy) is 1. The molecule has 3 aliphatic rings. The number of esters is 1. The summed E-state index contributed by atoms with van der Waals surface area (Å²) in [4.78, 5) is 24.4. The number of amides is 1. The second-order valence-electron chi connectivity index (χ2n) is 6.45. The number of fused-ring (bicyclic) bond motifs is 2. The highest BCUT2D eigenvalue weighted by Crippen LogP contribution is 2.49. The van der Waals surface area contributed by atoms with Crippen LogP contribution in [0.25, 0.3) is 0 Å². The van der Waals surface area contributed by atoms with Gasteiger partial charge in [0, 0.05) is 6.04 Å². The van der Waals surface area contributed by atoms with Gasteiger partial charge in [0.25, 0.3) is 0 Å². The quantitative estimate of drug-likeness (QED) is 0.460. The third kappa shape index (κ3) is 3.21. The number of nitrogens with one attached hydrogen (secondary N) is 1. The Morgan fingerprint density at radius 2 is 1.78 bits per heavy atom. The van der Waals surface area contributed by atoms with Crippen LogP contribution in [0.15, 0.2) is 12.2 Å². The Morgan fingerprint density at radius 1 is 1.17 bits per heavy atom. The fourth-order valence-corrected chi connectivity index (χ4v) is 3.35. The van der Waals surface area contributed by atoms with Crippen LogP contribution in [-0.4, -0.2) is 36.9 Å². The van der Waals surface area contributed by atoms with Crippen LogP contribution in [0.1, 0.15) is 19.3 Å². The number of allylic oxidation sites excluding steroid dienone is 2. The van der Waals surface area contributed by atoms with E-state index in [1.807, 2.05) is 6.08 Å². The van der Waals surface area contributed by atoms with Crippen molar-refractivity contribution in [2.45, 2.75) is 37.7 Å². The van der Waals surface area contributed by atoms with Crippen molar-refractivity contribution in [2.24, 2.45) is 23.7 Å². The monoisotopic (exact) mass is 335 g/mol. The van der Waals surface area contributed by atoms with E-state index in [4.69, 9.17) is 0 Å². The van der Waals surface area contributed by atoms with Gasteiger partial charge in [0.15, 0.2) is 6.61 Å². The fourth-order valence-electron chi connectivity index (χ4n) is 3.35. The van der Waals surface area contributed by atoms with Crippen LogP contribution in [0.3, 0.4) is 0 Å². The summed E-state index contributed by atoms with van der Waals surface area (Å²) in [5, 5.41) is 2.81. The summed E-state index contributed by atoms with van der Waals surface area (Å²) < 4.78 is 54.5. The maximum atomic E-state index is 12.9. The maximum absolute atomic E-state index is 12.9. The van der Waals surface area contributed by atoms with Crippen LogP contribution in [0, 0.1) is 23.7 Å². The zero-order chi connectivity index (χ0) is 16.8. The highest BCUT2D eigenvalue weighted by molar-refractivity contribution is 5.87. The van der Waals surface area contributed by atoms with Gasteiger partial charge in [0.05, 0.1) is 11.8 Å². The number of alkyl halides is 4. The van der Waals surface area contributed by atoms with Crippen molar-refractivity contribution in [2.75, 3.05) is 6.61 Å². The molecular weight excluding hydrogens is 318 g/mol. The van der Waals surface area contributed by atoms with E-state index in [2.05, 4.69) is 10.1 Å². The zero-order valence-corrected chi connectivity index (χ0v) is 12.2. The molecular formula is C15H17F4NO3. The lowest BCUT2D eigenvalue weighted by molar-refractivity contribution is -0.184. The van der Waals surface area contributed by atoms with E-state index in [9.17, 15) is 27.2 Å². The van der Waals surface area contributed by atoms with Gasteiger partial charge in [-0.15, -0.1) is 0 Å². The first-order valence-corrected chi connectivity index (χ1v) is 7.61. The van der Waals surface area contributed by atoms with Crippen LogP contribution < -0.4 is 5.32 Å². The number of carbonyl (C=O) groups is 2. The predicted molar refractivity (Wildman–Crippen MR) is 70.8 cm³/mol. The molecule has 0 spiro atoms. The van der Waals surface area contributed by atoms with Gasteiger partial charge in [-0.3, -0.25) is 9.59 Å². The number of halogens is 4. The zero-order valence-electron chi connectivity index (χ0n) is 12.2. The third-order valence-corrected chi connectivity index (χ3v) is 4.68. The summed E-state index contributed by atoms with van der Waals surface area (Å²) in [5.41, 5.74) is 0. The van der Waals surface area contributed by atoms with Crippen LogP contribution in [-0.2, 0) is 14.3 Å². The lowest BCUT2D eigenvalue weighted by atomic mass is 9.82. The molecule has 4 unspecified atom stereocenters. The molecule has 4 nitrogen and oxygen atoms in total. The lowest BCUT2D eigenvalue weighted by Gasteiger charge is -2.26. The molecule has 23 heavy (non-hydrogen) atoms. The molecule has 1 amide bonds. The van der Waals surface area contributed by atoms with Crippen molar-refractivity contribution in [3.05, 3.63) is 12.2 Å². The number of hydrogen-bond acceptors (Lipinski definition) is 3. The Labute approximate surface area is 130 Å². The van der Waals surface area contributed by atoms with Crippen molar-refractivity contribution in [3.63, 3.8) is 0 Å². The molecule has 0 aliphatic heterocycles. The Morgan fingerprint density at radius 3 is 2.35 bits per heavy atom. The smallest absolute Gasteiger partial charge is 0.340 e. The molecule has 128 valence electrons. The Bertz CT molecular complexity index is 533. The molecule has 3 aliphatic carbocycles. The molecule has 1 N–H and O–H groups in total. The van der Waals surface area contributed by atoms with Crippen molar-refractivity contribution in [1.29, 1.82) is 0 Å². The lowest BCUT2D eigenvalue weighted by Crippen LogP contribution is -2.42. The molecule has 0 aromatic rings. The van der Waals surface area contributed by atoms with E-state index >= 15 is 0 Å². The predicted octanol–water partition coefficient (Wildman–Crippen LogP) is 2.15. The summed E-state index contributed by atoms with van der Waals surface area (Å²) in [6, 6.07) is 0.116. The molecule has 0 saturated heterocycles. The van der Waals surface area contributed by atoms with Gasteiger partial charge in [-0.25, -0.2) is 8.78 Å². The second kappa shape index (κ2) is 5.79. The largest absolute Gasteiger partial charge is 0.459 e. The number of hydrogen-bond donors (Lipinski definition) is 1. The first-order chi connectivity index (χ1) is 10.8. The van der Waals surface area contributed by atoms with Gasteiger partial charge < -0.3 is 10.1 Å². The molecule has 4 atom stereocenters. The number of rotatable bonds is 6. The minimum Gasteiger partial charge on any atom is -0.459 e. The van der Waals surface area contributed by atoms with Crippen LogP contribution in [0.4, 0.5) is 17.6 Å². The van der Waals surface area contributed by atoms with E-state index in [0.29, 0.717) is 6.42 Å². The minimum absolute atomic E-state index is 0.116.